The van der Waals surface area contributed by atoms with Crippen molar-refractivity contribution in [1.82, 2.24) is 0 Å². The average molecular weight is 176 g/mol. The Hall–Kier alpha value is -0.470. The van der Waals surface area contributed by atoms with Gasteiger partial charge in [0.05, 0.1) is 0 Å². The number of carbonyl (C=O) groups is 1. The number of hydrogen-bond acceptors (Lipinski definition) is 1. The van der Waals surface area contributed by atoms with Crippen LogP contribution in [0.2, 0.25) is 0 Å². The van der Waals surface area contributed by atoms with E-state index >= 15 is 0 Å². The highest BCUT2D eigenvalue weighted by Crippen LogP contribution is 2.58. The number of alkyl halides is 2. The van der Waals surface area contributed by atoms with E-state index in [1.54, 1.807) is 13.8 Å². The topological polar surface area (TPSA) is 17.1 Å². The Morgan fingerprint density at radius 2 is 1.58 bits per heavy atom. The number of rotatable bonds is 0. The molecular weight excluding hydrogens is 162 g/mol. The molecule has 0 N–H and O–H groups in total. The van der Waals surface area contributed by atoms with Crippen LogP contribution in [0.1, 0.15) is 34.1 Å². The SMILES string of the molecule is CC1(C)CC(=O)C(F)(F)C1(C)C. The van der Waals surface area contributed by atoms with Crippen LogP contribution in [0.15, 0.2) is 0 Å². The summed E-state index contributed by atoms with van der Waals surface area (Å²) in [5, 5.41) is 0. The minimum atomic E-state index is -3.16. The van der Waals surface area contributed by atoms with Gasteiger partial charge in [-0.2, -0.15) is 8.78 Å². The maximum atomic E-state index is 13.3. The van der Waals surface area contributed by atoms with Gasteiger partial charge in [0.25, 0.3) is 0 Å². The second kappa shape index (κ2) is 2.06. The molecule has 0 aromatic heterocycles. The van der Waals surface area contributed by atoms with E-state index in [1.165, 1.54) is 13.8 Å². The van der Waals surface area contributed by atoms with Crippen LogP contribution in [0.5, 0.6) is 0 Å². The second-order valence-electron chi connectivity index (χ2n) is 4.68. The lowest BCUT2D eigenvalue weighted by molar-refractivity contribution is -0.154. The molecule has 0 aromatic carbocycles. The highest BCUT2D eigenvalue weighted by Gasteiger charge is 2.66. The van der Waals surface area contributed by atoms with Gasteiger partial charge in [0.2, 0.25) is 5.78 Å². The van der Waals surface area contributed by atoms with Crippen LogP contribution in [0.25, 0.3) is 0 Å². The molecule has 0 atom stereocenters. The summed E-state index contributed by atoms with van der Waals surface area (Å²) in [6, 6.07) is 0. The van der Waals surface area contributed by atoms with Crippen molar-refractivity contribution in [2.24, 2.45) is 10.8 Å². The summed E-state index contributed by atoms with van der Waals surface area (Å²) in [4.78, 5) is 11.0. The molecule has 0 bridgehead atoms. The first kappa shape index (κ1) is 9.62. The second-order valence-corrected chi connectivity index (χ2v) is 4.68. The third-order valence-electron chi connectivity index (χ3n) is 3.43. The molecule has 0 spiro atoms. The van der Waals surface area contributed by atoms with Crippen LogP contribution in [-0.2, 0) is 4.79 Å². The van der Waals surface area contributed by atoms with E-state index < -0.39 is 22.5 Å². The fourth-order valence-corrected chi connectivity index (χ4v) is 1.51. The van der Waals surface area contributed by atoms with E-state index in [0.717, 1.165) is 0 Å². The van der Waals surface area contributed by atoms with Gasteiger partial charge in [-0.25, -0.2) is 0 Å². The van der Waals surface area contributed by atoms with Crippen LogP contribution in [0.3, 0.4) is 0 Å². The summed E-state index contributed by atoms with van der Waals surface area (Å²) >= 11 is 0. The molecule has 0 radical (unpaired) electrons. The van der Waals surface area contributed by atoms with Crippen molar-refractivity contribution in [2.45, 2.75) is 40.0 Å². The Morgan fingerprint density at radius 3 is 1.67 bits per heavy atom. The molecule has 3 heteroatoms. The van der Waals surface area contributed by atoms with Gasteiger partial charge < -0.3 is 0 Å². The Balaban J connectivity index is 3.19. The first-order chi connectivity index (χ1) is 5.13. The maximum Gasteiger partial charge on any atom is 0.310 e. The van der Waals surface area contributed by atoms with Crippen molar-refractivity contribution in [1.29, 1.82) is 0 Å². The highest BCUT2D eigenvalue weighted by molar-refractivity contribution is 5.90. The molecule has 1 rings (SSSR count). The van der Waals surface area contributed by atoms with Gasteiger partial charge in [-0.3, -0.25) is 4.79 Å². The summed E-state index contributed by atoms with van der Waals surface area (Å²) in [6.07, 6.45) is -0.0208. The number of halogens is 2. The zero-order chi connectivity index (χ0) is 9.78. The minimum absolute atomic E-state index is 0.0208. The molecule has 0 aromatic rings. The van der Waals surface area contributed by atoms with Crippen LogP contribution in [0.4, 0.5) is 8.78 Å². The number of Topliss-reactive ketones (excluding diaryl/α,β-unsaturated/α-hetero) is 1. The van der Waals surface area contributed by atoms with Gasteiger partial charge in [-0.05, 0) is 5.41 Å². The van der Waals surface area contributed by atoms with Crippen molar-refractivity contribution < 1.29 is 13.6 Å². The number of carbonyl (C=O) groups excluding carboxylic acids is 1. The van der Waals surface area contributed by atoms with E-state index in [2.05, 4.69) is 0 Å². The lowest BCUT2D eigenvalue weighted by Crippen LogP contribution is -2.41. The molecule has 12 heavy (non-hydrogen) atoms. The summed E-state index contributed by atoms with van der Waals surface area (Å²) in [5.74, 6) is -4.08. The maximum absolute atomic E-state index is 13.3. The third kappa shape index (κ3) is 0.852. The molecule has 1 saturated carbocycles. The molecule has 1 fully saturated rings. The van der Waals surface area contributed by atoms with Gasteiger partial charge in [0.15, 0.2) is 0 Å². The zero-order valence-electron chi connectivity index (χ0n) is 7.87. The molecule has 1 aliphatic rings. The molecular formula is C9H14F2O. The molecule has 1 nitrogen and oxygen atoms in total. The smallest absolute Gasteiger partial charge is 0.293 e. The van der Waals surface area contributed by atoms with Crippen LogP contribution >= 0.6 is 0 Å². The molecule has 0 heterocycles. The van der Waals surface area contributed by atoms with E-state index in [1.807, 2.05) is 0 Å². The standard InChI is InChI=1S/C9H14F2O/c1-7(2)5-6(12)9(10,11)8(7,3)4/h5H2,1-4H3. The van der Waals surface area contributed by atoms with Gasteiger partial charge >= 0.3 is 5.92 Å². The van der Waals surface area contributed by atoms with Crippen LogP contribution < -0.4 is 0 Å². The summed E-state index contributed by atoms with van der Waals surface area (Å²) in [5.41, 5.74) is -1.83. The quantitative estimate of drug-likeness (QED) is 0.554. The van der Waals surface area contributed by atoms with Gasteiger partial charge in [-0.1, -0.05) is 27.7 Å². The monoisotopic (exact) mass is 176 g/mol. The molecule has 0 aliphatic heterocycles. The highest BCUT2D eigenvalue weighted by atomic mass is 19.3. The van der Waals surface area contributed by atoms with Crippen molar-refractivity contribution >= 4 is 5.78 Å². The predicted octanol–water partition coefficient (Wildman–Crippen LogP) is 2.65. The lowest BCUT2D eigenvalue weighted by Gasteiger charge is -2.36. The van der Waals surface area contributed by atoms with E-state index in [4.69, 9.17) is 0 Å². The first-order valence-electron chi connectivity index (χ1n) is 4.04. The number of ketones is 1. The molecule has 0 unspecified atom stereocenters. The van der Waals surface area contributed by atoms with Gasteiger partial charge in [0, 0.05) is 11.8 Å². The zero-order valence-corrected chi connectivity index (χ0v) is 7.87. The summed E-state index contributed by atoms with van der Waals surface area (Å²) in [7, 11) is 0. The normalized spacial score (nSPS) is 30.7. The third-order valence-corrected chi connectivity index (χ3v) is 3.43. The van der Waals surface area contributed by atoms with Crippen LogP contribution in [0, 0.1) is 10.8 Å². The number of hydrogen-bond donors (Lipinski definition) is 0. The van der Waals surface area contributed by atoms with Crippen LogP contribution in [-0.4, -0.2) is 11.7 Å². The van der Waals surface area contributed by atoms with Crippen molar-refractivity contribution in [3.63, 3.8) is 0 Å². The molecule has 70 valence electrons. The van der Waals surface area contributed by atoms with E-state index in [9.17, 15) is 13.6 Å². The molecule has 0 amide bonds. The predicted molar refractivity (Wildman–Crippen MR) is 42.1 cm³/mol. The Kier molecular flexibility index (Phi) is 1.65. The van der Waals surface area contributed by atoms with Crippen molar-refractivity contribution in [3.8, 4) is 0 Å². The molecule has 0 saturated heterocycles. The average Bonchev–Trinajstić information content (AvgIpc) is 1.92. The fraction of sp³-hybridized carbons (Fsp3) is 0.889. The fourth-order valence-electron chi connectivity index (χ4n) is 1.51. The molecule has 1 aliphatic carbocycles. The summed E-state index contributed by atoms with van der Waals surface area (Å²) < 4.78 is 26.5. The Morgan fingerprint density at radius 1 is 1.17 bits per heavy atom. The largest absolute Gasteiger partial charge is 0.310 e. The first-order valence-corrected chi connectivity index (χ1v) is 4.04. The van der Waals surface area contributed by atoms with Gasteiger partial charge in [-0.15, -0.1) is 0 Å². The Bertz CT molecular complexity index is 229. The van der Waals surface area contributed by atoms with Crippen molar-refractivity contribution in [2.75, 3.05) is 0 Å². The lowest BCUT2D eigenvalue weighted by atomic mass is 9.69. The summed E-state index contributed by atoms with van der Waals surface area (Å²) in [6.45, 7) is 6.34. The van der Waals surface area contributed by atoms with E-state index in [0.29, 0.717) is 0 Å². The Labute approximate surface area is 71.1 Å². The van der Waals surface area contributed by atoms with Crippen molar-refractivity contribution in [3.05, 3.63) is 0 Å². The van der Waals surface area contributed by atoms with Gasteiger partial charge in [0.1, 0.15) is 0 Å². The minimum Gasteiger partial charge on any atom is -0.293 e. The van der Waals surface area contributed by atoms with E-state index in [-0.39, 0.29) is 6.42 Å².